The lowest BCUT2D eigenvalue weighted by Crippen LogP contribution is -2.32. The largest absolute Gasteiger partial charge is 0.493 e. The minimum Gasteiger partial charge on any atom is -0.493 e. The first-order valence-corrected chi connectivity index (χ1v) is 6.84. The third kappa shape index (κ3) is 2.39. The Balaban J connectivity index is 1.83. The lowest BCUT2D eigenvalue weighted by atomic mass is 9.99. The molecule has 2 aromatic carbocycles. The molecule has 2 aromatic rings. The highest BCUT2D eigenvalue weighted by molar-refractivity contribution is 5.95. The summed E-state index contributed by atoms with van der Waals surface area (Å²) < 4.78 is 5.61. The van der Waals surface area contributed by atoms with Crippen LogP contribution in [0.3, 0.4) is 0 Å². The molecular formula is C17H17NO2. The number of benzene rings is 2. The second-order valence-electron chi connectivity index (χ2n) is 5.02. The number of hydrogen-bond acceptors (Lipinski definition) is 2. The molecule has 1 N–H and O–H groups in total. The number of aryl methyl sites for hydroxylation is 1. The van der Waals surface area contributed by atoms with Gasteiger partial charge < -0.3 is 10.1 Å². The molecule has 1 atom stereocenters. The van der Waals surface area contributed by atoms with Crippen LogP contribution in [0.4, 0.5) is 0 Å². The van der Waals surface area contributed by atoms with E-state index in [2.05, 4.69) is 5.32 Å². The standard InChI is InChI=1S/C17H17NO2/c1-12-6-2-3-7-13(12)17(19)18-15-10-11-20-16-9-5-4-8-14(15)16/h2-9,15H,10-11H2,1H3,(H,18,19)/t15-/m1/s1. The van der Waals surface area contributed by atoms with Crippen LogP contribution < -0.4 is 10.1 Å². The average molecular weight is 267 g/mol. The number of para-hydroxylation sites is 1. The molecule has 3 heteroatoms. The summed E-state index contributed by atoms with van der Waals surface area (Å²) >= 11 is 0. The first-order chi connectivity index (χ1) is 9.75. The van der Waals surface area contributed by atoms with Crippen LogP contribution in [0.25, 0.3) is 0 Å². The van der Waals surface area contributed by atoms with E-state index in [1.165, 1.54) is 0 Å². The number of nitrogens with one attached hydrogen (secondary N) is 1. The van der Waals surface area contributed by atoms with Crippen LogP contribution in [0.15, 0.2) is 48.5 Å². The van der Waals surface area contributed by atoms with Crippen molar-refractivity contribution < 1.29 is 9.53 Å². The monoisotopic (exact) mass is 267 g/mol. The fraction of sp³-hybridized carbons (Fsp3) is 0.235. The van der Waals surface area contributed by atoms with E-state index >= 15 is 0 Å². The summed E-state index contributed by atoms with van der Waals surface area (Å²) in [4.78, 5) is 12.4. The zero-order valence-corrected chi connectivity index (χ0v) is 11.4. The van der Waals surface area contributed by atoms with Crippen LogP contribution in [0.1, 0.15) is 33.9 Å². The van der Waals surface area contributed by atoms with Gasteiger partial charge >= 0.3 is 0 Å². The highest BCUT2D eigenvalue weighted by Crippen LogP contribution is 2.31. The number of carbonyl (C=O) groups is 1. The third-order valence-corrected chi connectivity index (χ3v) is 3.65. The lowest BCUT2D eigenvalue weighted by Gasteiger charge is -2.26. The normalized spacial score (nSPS) is 16.9. The number of fused-ring (bicyclic) bond motifs is 1. The van der Waals surface area contributed by atoms with Crippen molar-refractivity contribution in [2.75, 3.05) is 6.61 Å². The Morgan fingerprint density at radius 1 is 1.15 bits per heavy atom. The summed E-state index contributed by atoms with van der Waals surface area (Å²) in [5.41, 5.74) is 2.78. The van der Waals surface area contributed by atoms with Crippen molar-refractivity contribution in [1.82, 2.24) is 5.32 Å². The smallest absolute Gasteiger partial charge is 0.252 e. The fourth-order valence-electron chi connectivity index (χ4n) is 2.56. The number of rotatable bonds is 2. The van der Waals surface area contributed by atoms with E-state index in [1.807, 2.05) is 55.5 Å². The van der Waals surface area contributed by atoms with E-state index in [9.17, 15) is 4.79 Å². The van der Waals surface area contributed by atoms with Crippen LogP contribution in [0, 0.1) is 6.92 Å². The van der Waals surface area contributed by atoms with Crippen molar-refractivity contribution in [3.63, 3.8) is 0 Å². The summed E-state index contributed by atoms with van der Waals surface area (Å²) in [5, 5.41) is 3.11. The molecule has 20 heavy (non-hydrogen) atoms. The van der Waals surface area contributed by atoms with Gasteiger partial charge in [-0.15, -0.1) is 0 Å². The molecule has 0 aromatic heterocycles. The predicted molar refractivity (Wildman–Crippen MR) is 77.9 cm³/mol. The van der Waals surface area contributed by atoms with Gasteiger partial charge in [-0.25, -0.2) is 0 Å². The zero-order chi connectivity index (χ0) is 13.9. The minimum atomic E-state index is -0.0233. The number of carbonyl (C=O) groups excluding carboxylic acids is 1. The molecule has 1 heterocycles. The van der Waals surface area contributed by atoms with Crippen molar-refractivity contribution in [1.29, 1.82) is 0 Å². The van der Waals surface area contributed by atoms with Crippen molar-refractivity contribution in [3.8, 4) is 5.75 Å². The van der Waals surface area contributed by atoms with Gasteiger partial charge in [0, 0.05) is 17.5 Å². The van der Waals surface area contributed by atoms with E-state index in [1.54, 1.807) is 0 Å². The van der Waals surface area contributed by atoms with E-state index < -0.39 is 0 Å². The highest BCUT2D eigenvalue weighted by Gasteiger charge is 2.23. The molecule has 1 aliphatic rings. The molecule has 0 bridgehead atoms. The van der Waals surface area contributed by atoms with Crippen molar-refractivity contribution in [2.45, 2.75) is 19.4 Å². The Morgan fingerprint density at radius 2 is 1.90 bits per heavy atom. The van der Waals surface area contributed by atoms with Gasteiger partial charge in [0.1, 0.15) is 5.75 Å². The highest BCUT2D eigenvalue weighted by atomic mass is 16.5. The Hall–Kier alpha value is -2.29. The Kier molecular flexibility index (Phi) is 3.42. The topological polar surface area (TPSA) is 38.3 Å². The minimum absolute atomic E-state index is 0.0204. The Bertz CT molecular complexity index is 636. The lowest BCUT2D eigenvalue weighted by molar-refractivity contribution is 0.0924. The molecule has 3 rings (SSSR count). The number of amides is 1. The first-order valence-electron chi connectivity index (χ1n) is 6.84. The average Bonchev–Trinajstić information content (AvgIpc) is 2.48. The SMILES string of the molecule is Cc1ccccc1C(=O)N[C@@H]1CCOc2ccccc21. The van der Waals surface area contributed by atoms with E-state index in [0.29, 0.717) is 6.61 Å². The summed E-state index contributed by atoms with van der Waals surface area (Å²) in [6, 6.07) is 15.5. The van der Waals surface area contributed by atoms with Crippen LogP contribution in [0.5, 0.6) is 5.75 Å². The summed E-state index contributed by atoms with van der Waals surface area (Å²) in [5.74, 6) is 0.846. The summed E-state index contributed by atoms with van der Waals surface area (Å²) in [6.45, 7) is 2.59. The Morgan fingerprint density at radius 3 is 2.75 bits per heavy atom. The molecule has 0 saturated heterocycles. The van der Waals surface area contributed by atoms with E-state index in [0.717, 1.165) is 28.9 Å². The molecule has 0 unspecified atom stereocenters. The Labute approximate surface area is 118 Å². The molecule has 102 valence electrons. The van der Waals surface area contributed by atoms with Crippen LogP contribution in [-0.4, -0.2) is 12.5 Å². The van der Waals surface area contributed by atoms with Crippen molar-refractivity contribution in [3.05, 3.63) is 65.2 Å². The van der Waals surface area contributed by atoms with Gasteiger partial charge in [0.25, 0.3) is 5.91 Å². The maximum atomic E-state index is 12.4. The maximum absolute atomic E-state index is 12.4. The number of hydrogen-bond donors (Lipinski definition) is 1. The number of ether oxygens (including phenoxy) is 1. The molecule has 0 saturated carbocycles. The van der Waals surface area contributed by atoms with Gasteiger partial charge in [-0.05, 0) is 24.6 Å². The quantitative estimate of drug-likeness (QED) is 0.907. The van der Waals surface area contributed by atoms with E-state index in [-0.39, 0.29) is 11.9 Å². The van der Waals surface area contributed by atoms with Gasteiger partial charge in [-0.1, -0.05) is 36.4 Å². The third-order valence-electron chi connectivity index (χ3n) is 3.65. The maximum Gasteiger partial charge on any atom is 0.252 e. The summed E-state index contributed by atoms with van der Waals surface area (Å²) in [6.07, 6.45) is 0.800. The molecule has 0 fully saturated rings. The van der Waals surface area contributed by atoms with Gasteiger partial charge in [0.15, 0.2) is 0 Å². The van der Waals surface area contributed by atoms with Gasteiger partial charge in [0.2, 0.25) is 0 Å². The van der Waals surface area contributed by atoms with Gasteiger partial charge in [0.05, 0.1) is 12.6 Å². The summed E-state index contributed by atoms with van der Waals surface area (Å²) in [7, 11) is 0. The van der Waals surface area contributed by atoms with Gasteiger partial charge in [-0.2, -0.15) is 0 Å². The van der Waals surface area contributed by atoms with Crippen LogP contribution in [-0.2, 0) is 0 Å². The molecule has 0 aliphatic carbocycles. The predicted octanol–water partition coefficient (Wildman–Crippen LogP) is 3.25. The van der Waals surface area contributed by atoms with Crippen LogP contribution >= 0.6 is 0 Å². The van der Waals surface area contributed by atoms with Crippen molar-refractivity contribution in [2.24, 2.45) is 0 Å². The molecule has 0 spiro atoms. The molecule has 1 amide bonds. The molecule has 3 nitrogen and oxygen atoms in total. The van der Waals surface area contributed by atoms with E-state index in [4.69, 9.17) is 4.74 Å². The van der Waals surface area contributed by atoms with Gasteiger partial charge in [-0.3, -0.25) is 4.79 Å². The molecule has 1 aliphatic heterocycles. The van der Waals surface area contributed by atoms with Crippen molar-refractivity contribution >= 4 is 5.91 Å². The first kappa shape index (κ1) is 12.7. The molecular weight excluding hydrogens is 250 g/mol. The zero-order valence-electron chi connectivity index (χ0n) is 11.4. The fourth-order valence-corrected chi connectivity index (χ4v) is 2.56. The second kappa shape index (κ2) is 5.37. The second-order valence-corrected chi connectivity index (χ2v) is 5.02. The van der Waals surface area contributed by atoms with Crippen LogP contribution in [0.2, 0.25) is 0 Å². The molecule has 0 radical (unpaired) electrons.